The Morgan fingerprint density at radius 2 is 2.53 bits per heavy atom. The van der Waals surface area contributed by atoms with Crippen LogP contribution < -0.4 is 5.73 Å². The van der Waals surface area contributed by atoms with Gasteiger partial charge >= 0.3 is 0 Å². The second kappa shape index (κ2) is 5.57. The molecule has 1 aromatic rings. The topological polar surface area (TPSA) is 79.5 Å². The standard InChI is InChI=1S/C11H17N3O2S/c12-4-3-10-13-9(7-17-10)11(16)14-5-1-2-8(15)6-14/h7-8,15H,1-6,12H2. The van der Waals surface area contributed by atoms with E-state index in [2.05, 4.69) is 4.98 Å². The molecule has 3 N–H and O–H groups in total. The van der Waals surface area contributed by atoms with Crippen LogP contribution in [0.5, 0.6) is 0 Å². The first kappa shape index (κ1) is 12.5. The Kier molecular flexibility index (Phi) is 4.09. The maximum Gasteiger partial charge on any atom is 0.273 e. The number of aliphatic hydroxyl groups is 1. The van der Waals surface area contributed by atoms with Gasteiger partial charge in [0.25, 0.3) is 5.91 Å². The Hall–Kier alpha value is -0.980. The fourth-order valence-corrected chi connectivity index (χ4v) is 2.74. The predicted octanol–water partition coefficient (Wildman–Crippen LogP) is 0.241. The molecule has 0 aromatic carbocycles. The monoisotopic (exact) mass is 255 g/mol. The number of carbonyl (C=O) groups excluding carboxylic acids is 1. The molecule has 1 aromatic heterocycles. The number of aliphatic hydroxyl groups excluding tert-OH is 1. The van der Waals surface area contributed by atoms with Gasteiger partial charge in [0.2, 0.25) is 0 Å². The summed E-state index contributed by atoms with van der Waals surface area (Å²) in [5.41, 5.74) is 5.92. The molecule has 1 atom stereocenters. The normalized spacial score (nSPS) is 20.6. The summed E-state index contributed by atoms with van der Waals surface area (Å²) < 4.78 is 0. The lowest BCUT2D eigenvalue weighted by atomic mass is 10.1. The van der Waals surface area contributed by atoms with Crippen LogP contribution in [0.3, 0.4) is 0 Å². The van der Waals surface area contributed by atoms with Crippen molar-refractivity contribution in [3.8, 4) is 0 Å². The van der Waals surface area contributed by atoms with Crippen LogP contribution in [0.4, 0.5) is 0 Å². The Bertz CT molecular complexity index is 394. The molecule has 1 saturated heterocycles. The highest BCUT2D eigenvalue weighted by atomic mass is 32.1. The van der Waals surface area contributed by atoms with Crippen LogP contribution in [0.2, 0.25) is 0 Å². The van der Waals surface area contributed by atoms with Crippen molar-refractivity contribution in [3.05, 3.63) is 16.1 Å². The van der Waals surface area contributed by atoms with Gasteiger partial charge in [0, 0.05) is 24.9 Å². The number of carbonyl (C=O) groups is 1. The first-order valence-electron chi connectivity index (χ1n) is 5.82. The zero-order valence-corrected chi connectivity index (χ0v) is 10.4. The number of β-amino-alcohol motifs (C(OH)–C–C–N with tert-alkyl or cyclic N) is 1. The van der Waals surface area contributed by atoms with Gasteiger partial charge in [-0.1, -0.05) is 0 Å². The first-order chi connectivity index (χ1) is 8.20. The average molecular weight is 255 g/mol. The summed E-state index contributed by atoms with van der Waals surface area (Å²) in [5, 5.41) is 12.2. The molecule has 1 amide bonds. The number of amides is 1. The van der Waals surface area contributed by atoms with E-state index < -0.39 is 6.10 Å². The van der Waals surface area contributed by atoms with Crippen LogP contribution in [0, 0.1) is 0 Å². The summed E-state index contributed by atoms with van der Waals surface area (Å²) in [6.07, 6.45) is 1.95. The number of thiazole rings is 1. The van der Waals surface area contributed by atoms with E-state index in [1.807, 2.05) is 0 Å². The highest BCUT2D eigenvalue weighted by Gasteiger charge is 2.24. The number of rotatable bonds is 3. The molecule has 1 aliphatic heterocycles. The SMILES string of the molecule is NCCc1nc(C(=O)N2CCCC(O)C2)cs1. The molecule has 0 aliphatic carbocycles. The lowest BCUT2D eigenvalue weighted by Crippen LogP contribution is -2.42. The van der Waals surface area contributed by atoms with Crippen molar-refractivity contribution >= 4 is 17.2 Å². The van der Waals surface area contributed by atoms with Crippen LogP contribution in [0.25, 0.3) is 0 Å². The van der Waals surface area contributed by atoms with Crippen LogP contribution in [0.15, 0.2) is 5.38 Å². The summed E-state index contributed by atoms with van der Waals surface area (Å²) in [6, 6.07) is 0. The van der Waals surface area contributed by atoms with E-state index in [9.17, 15) is 9.90 Å². The zero-order chi connectivity index (χ0) is 12.3. The number of aromatic nitrogens is 1. The molecule has 0 spiro atoms. The molecule has 17 heavy (non-hydrogen) atoms. The maximum absolute atomic E-state index is 12.1. The molecule has 1 fully saturated rings. The van der Waals surface area contributed by atoms with Gasteiger partial charge in [-0.15, -0.1) is 11.3 Å². The Morgan fingerprint density at radius 1 is 1.71 bits per heavy atom. The van der Waals surface area contributed by atoms with Crippen LogP contribution in [-0.4, -0.2) is 46.6 Å². The average Bonchev–Trinajstić information content (AvgIpc) is 2.77. The van der Waals surface area contributed by atoms with Gasteiger partial charge in [-0.3, -0.25) is 4.79 Å². The summed E-state index contributed by atoms with van der Waals surface area (Å²) in [5.74, 6) is -0.0803. The quantitative estimate of drug-likeness (QED) is 0.811. The summed E-state index contributed by atoms with van der Waals surface area (Å²) in [4.78, 5) is 18.0. The van der Waals surface area contributed by atoms with Gasteiger partial charge in [0.15, 0.2) is 0 Å². The first-order valence-corrected chi connectivity index (χ1v) is 6.70. The number of nitrogens with two attached hydrogens (primary N) is 1. The lowest BCUT2D eigenvalue weighted by molar-refractivity contribution is 0.0469. The molecule has 2 heterocycles. The van der Waals surface area contributed by atoms with E-state index in [4.69, 9.17) is 5.73 Å². The fraction of sp³-hybridized carbons (Fsp3) is 0.636. The van der Waals surface area contributed by atoms with Gasteiger partial charge in [-0.2, -0.15) is 0 Å². The Balaban J connectivity index is 2.02. The van der Waals surface area contributed by atoms with E-state index in [1.165, 1.54) is 11.3 Å². The van der Waals surface area contributed by atoms with E-state index >= 15 is 0 Å². The van der Waals surface area contributed by atoms with Crippen molar-refractivity contribution in [1.82, 2.24) is 9.88 Å². The van der Waals surface area contributed by atoms with Gasteiger partial charge in [0.05, 0.1) is 11.1 Å². The highest BCUT2D eigenvalue weighted by Crippen LogP contribution is 2.16. The molecular formula is C11H17N3O2S. The fourth-order valence-electron chi connectivity index (χ4n) is 1.95. The Morgan fingerprint density at radius 3 is 3.24 bits per heavy atom. The van der Waals surface area contributed by atoms with Gasteiger partial charge in [-0.25, -0.2) is 4.98 Å². The largest absolute Gasteiger partial charge is 0.391 e. The van der Waals surface area contributed by atoms with Crippen LogP contribution in [0.1, 0.15) is 28.3 Å². The van der Waals surface area contributed by atoms with Crippen LogP contribution >= 0.6 is 11.3 Å². The van der Waals surface area contributed by atoms with Crippen molar-refractivity contribution in [2.24, 2.45) is 5.73 Å². The van der Waals surface area contributed by atoms with Crippen molar-refractivity contribution in [2.75, 3.05) is 19.6 Å². The van der Waals surface area contributed by atoms with E-state index in [0.717, 1.165) is 17.8 Å². The summed E-state index contributed by atoms with van der Waals surface area (Å²) in [6.45, 7) is 1.67. The predicted molar refractivity (Wildman–Crippen MR) is 66.0 cm³/mol. The van der Waals surface area contributed by atoms with Crippen molar-refractivity contribution in [1.29, 1.82) is 0 Å². The molecule has 2 rings (SSSR count). The second-order valence-electron chi connectivity index (χ2n) is 4.21. The lowest BCUT2D eigenvalue weighted by Gasteiger charge is -2.29. The third-order valence-electron chi connectivity index (χ3n) is 2.81. The molecule has 6 heteroatoms. The van der Waals surface area contributed by atoms with Crippen LogP contribution in [-0.2, 0) is 6.42 Å². The minimum atomic E-state index is -0.394. The molecular weight excluding hydrogens is 238 g/mol. The van der Waals surface area contributed by atoms with Crippen molar-refractivity contribution < 1.29 is 9.90 Å². The zero-order valence-electron chi connectivity index (χ0n) is 9.63. The number of piperidine rings is 1. The second-order valence-corrected chi connectivity index (χ2v) is 5.16. The van der Waals surface area contributed by atoms with Crippen molar-refractivity contribution in [2.45, 2.75) is 25.4 Å². The molecule has 0 saturated carbocycles. The number of hydrogen-bond acceptors (Lipinski definition) is 5. The minimum Gasteiger partial charge on any atom is -0.391 e. The third kappa shape index (κ3) is 3.02. The van der Waals surface area contributed by atoms with Gasteiger partial charge in [-0.05, 0) is 19.4 Å². The Labute approximate surface area is 104 Å². The molecule has 5 nitrogen and oxygen atoms in total. The van der Waals surface area contributed by atoms with Crippen molar-refractivity contribution in [3.63, 3.8) is 0 Å². The summed E-state index contributed by atoms with van der Waals surface area (Å²) in [7, 11) is 0. The van der Waals surface area contributed by atoms with Gasteiger partial charge < -0.3 is 15.7 Å². The highest BCUT2D eigenvalue weighted by molar-refractivity contribution is 7.09. The van der Waals surface area contributed by atoms with E-state index in [1.54, 1.807) is 10.3 Å². The molecule has 0 bridgehead atoms. The van der Waals surface area contributed by atoms with E-state index in [0.29, 0.717) is 31.7 Å². The van der Waals surface area contributed by atoms with Gasteiger partial charge in [0.1, 0.15) is 5.69 Å². The molecule has 1 unspecified atom stereocenters. The van der Waals surface area contributed by atoms with E-state index in [-0.39, 0.29) is 5.91 Å². The maximum atomic E-state index is 12.1. The molecule has 94 valence electrons. The summed E-state index contributed by atoms with van der Waals surface area (Å²) >= 11 is 1.47. The minimum absolute atomic E-state index is 0.0803. The third-order valence-corrected chi connectivity index (χ3v) is 3.72. The molecule has 0 radical (unpaired) electrons. The smallest absolute Gasteiger partial charge is 0.273 e. The number of likely N-dealkylation sites (tertiary alicyclic amines) is 1. The number of hydrogen-bond donors (Lipinski definition) is 2. The number of nitrogens with zero attached hydrogens (tertiary/aromatic N) is 2. The molecule has 1 aliphatic rings.